The number of fused-ring (bicyclic) bond motifs is 3. The number of piperidine rings is 3. The van der Waals surface area contributed by atoms with Gasteiger partial charge in [0, 0.05) is 67.9 Å². The number of imide groups is 1. The van der Waals surface area contributed by atoms with Gasteiger partial charge in [0.25, 0.3) is 5.91 Å². The van der Waals surface area contributed by atoms with Crippen molar-refractivity contribution in [1.29, 1.82) is 0 Å². The molecule has 0 bridgehead atoms. The van der Waals surface area contributed by atoms with Crippen molar-refractivity contribution >= 4 is 78.8 Å². The number of para-hydroxylation sites is 1. The van der Waals surface area contributed by atoms with Gasteiger partial charge < -0.3 is 29.3 Å². The maximum Gasteiger partial charge on any atom is 0.490 e. The summed E-state index contributed by atoms with van der Waals surface area (Å²) in [7, 11) is 1.92. The molecular formula is C62H68F3N9O8S. The van der Waals surface area contributed by atoms with Crippen LogP contribution in [0.15, 0.2) is 91.0 Å². The van der Waals surface area contributed by atoms with Crippen LogP contribution >= 0.6 is 11.3 Å². The Balaban J connectivity index is 0.000000635. The summed E-state index contributed by atoms with van der Waals surface area (Å²) in [6, 6.07) is 30.1. The first-order valence-electron chi connectivity index (χ1n) is 28.3. The lowest BCUT2D eigenvalue weighted by Gasteiger charge is -2.42. The number of aromatic nitrogens is 4. The Morgan fingerprint density at radius 1 is 0.831 bits per heavy atom. The van der Waals surface area contributed by atoms with Crippen molar-refractivity contribution < 1.29 is 51.7 Å². The molecule has 11 rings (SSSR count). The van der Waals surface area contributed by atoms with Crippen molar-refractivity contribution in [2.75, 3.05) is 54.4 Å². The van der Waals surface area contributed by atoms with E-state index < -0.39 is 29.6 Å². The predicted octanol–water partition coefficient (Wildman–Crippen LogP) is 11.0. The number of aryl methyl sites for hydroxylation is 1. The van der Waals surface area contributed by atoms with Gasteiger partial charge in [-0.25, -0.2) is 19.6 Å². The van der Waals surface area contributed by atoms with Crippen LogP contribution in [0.3, 0.4) is 0 Å². The highest BCUT2D eigenvalue weighted by Gasteiger charge is 2.43. The maximum absolute atomic E-state index is 13.7. The summed E-state index contributed by atoms with van der Waals surface area (Å²) >= 11 is 1.44. The molecule has 17 nitrogen and oxygen atoms in total. The van der Waals surface area contributed by atoms with E-state index in [9.17, 15) is 42.3 Å². The molecule has 7 aromatic rings. The molecule has 21 heteroatoms. The van der Waals surface area contributed by atoms with Gasteiger partial charge >= 0.3 is 18.1 Å². The molecule has 4 aliphatic heterocycles. The van der Waals surface area contributed by atoms with Crippen LogP contribution in [-0.2, 0) is 39.1 Å². The number of rotatable bonds is 13. The molecule has 1 atom stereocenters. The Morgan fingerprint density at radius 3 is 2.30 bits per heavy atom. The summed E-state index contributed by atoms with van der Waals surface area (Å²) in [6.45, 7) is 12.0. The number of carboxylic acids is 1. The number of nitrogens with one attached hydrogen (secondary N) is 2. The number of hydrogen-bond donors (Lipinski definition) is 3. The largest absolute Gasteiger partial charge is 0.493 e. The average molecular weight is 1160 g/mol. The first-order valence-corrected chi connectivity index (χ1v) is 29.1. The number of esters is 1. The van der Waals surface area contributed by atoms with E-state index in [2.05, 4.69) is 48.4 Å². The SMILES string of the molecule is CC(C)(C)OC(=O)C(F)(F)F.Cc1c(OCCCC2CCN(C3CCN(c4ccc5c(C6CCC(=O)NC6=O)nn(C)c5c4)CC3)CC2)cccc1-c1ccc(N2CCc3cccc(C(=O)Nc4nc5ccccc5s4)c3C2)nc1C(=O)O. The van der Waals surface area contributed by atoms with E-state index in [0.717, 1.165) is 107 Å². The normalized spacial score (nSPS) is 17.4. The molecule has 3 fully saturated rings. The van der Waals surface area contributed by atoms with Gasteiger partial charge in [0.15, 0.2) is 10.8 Å². The molecule has 0 saturated carbocycles. The van der Waals surface area contributed by atoms with Gasteiger partial charge in [-0.1, -0.05) is 47.7 Å². The zero-order valence-corrected chi connectivity index (χ0v) is 48.0. The number of hydrogen-bond acceptors (Lipinski definition) is 14. The molecule has 83 heavy (non-hydrogen) atoms. The monoisotopic (exact) mass is 1160 g/mol. The number of likely N-dealkylation sites (tertiary alicyclic amines) is 1. The molecule has 436 valence electrons. The van der Waals surface area contributed by atoms with Crippen LogP contribution in [0.25, 0.3) is 32.2 Å². The Hall–Kier alpha value is -7.91. The van der Waals surface area contributed by atoms with Gasteiger partial charge in [-0.05, 0) is 175 Å². The summed E-state index contributed by atoms with van der Waals surface area (Å²) < 4.78 is 47.8. The summed E-state index contributed by atoms with van der Waals surface area (Å²) in [5.41, 5.74) is 7.39. The van der Waals surface area contributed by atoms with Crippen molar-refractivity contribution in [2.45, 2.75) is 116 Å². The van der Waals surface area contributed by atoms with Crippen LogP contribution in [-0.4, -0.2) is 117 Å². The number of pyridine rings is 1. The number of thiazole rings is 1. The Bertz CT molecular complexity index is 3550. The minimum Gasteiger partial charge on any atom is -0.493 e. The number of carbonyl (C=O) groups is 5. The van der Waals surface area contributed by atoms with Gasteiger partial charge in [0.2, 0.25) is 11.8 Å². The van der Waals surface area contributed by atoms with Gasteiger partial charge in [0.1, 0.15) is 17.2 Å². The fraction of sp³-hybridized carbons (Fsp3) is 0.419. The number of carbonyl (C=O) groups excluding carboxylic acids is 4. The molecule has 3 N–H and O–H groups in total. The summed E-state index contributed by atoms with van der Waals surface area (Å²) in [5.74, 6) is -2.41. The third-order valence-corrected chi connectivity index (χ3v) is 17.0. The molecule has 3 amide bonds. The molecule has 0 aliphatic carbocycles. The first kappa shape index (κ1) is 58.3. The van der Waals surface area contributed by atoms with Crippen molar-refractivity contribution in [3.05, 3.63) is 125 Å². The number of benzene rings is 4. The van der Waals surface area contributed by atoms with E-state index in [0.29, 0.717) is 73.0 Å². The standard InChI is InChI=1S/C56H59N9O6S.C6H9F3O2/c1-34-39(40-17-19-49(58-52(40)55(69)70)65-28-23-36-9-5-11-41(44(36)33-65)53(67)60-56-57-45-12-3-4-14-48(45)72-56)10-6-13-47(34)71-31-7-8-35-21-26-63(27-22-35)37-24-29-64(30-25-37)38-15-16-42-46(32-38)62(2)61-51(42)43-18-20-50(66)59-54(43)68;1-5(2,3)11-4(10)6(7,8)9/h3-6,9-17,19,32,35,37,43H,7-8,18,20-31,33H2,1-2H3,(H,69,70)(H,57,60,67)(H,59,66,68);1-3H3. The second kappa shape index (κ2) is 24.5. The topological polar surface area (TPSA) is 201 Å². The number of aromatic carboxylic acids is 1. The van der Waals surface area contributed by atoms with E-state index >= 15 is 0 Å². The van der Waals surface area contributed by atoms with Crippen molar-refractivity contribution in [3.63, 3.8) is 0 Å². The minimum absolute atomic E-state index is 0.0246. The van der Waals surface area contributed by atoms with Gasteiger partial charge in [-0.15, -0.1) is 0 Å². The molecule has 0 spiro atoms. The number of ether oxygens (including phenoxy) is 2. The quantitative estimate of drug-likeness (QED) is 0.0559. The van der Waals surface area contributed by atoms with Gasteiger partial charge in [0.05, 0.1) is 34.0 Å². The second-order valence-corrected chi connectivity index (χ2v) is 23.8. The second-order valence-electron chi connectivity index (χ2n) is 22.8. The van der Waals surface area contributed by atoms with Gasteiger partial charge in [-0.2, -0.15) is 18.3 Å². The number of carboxylic acid groups (broad SMARTS) is 1. The van der Waals surface area contributed by atoms with Crippen LogP contribution < -0.4 is 25.2 Å². The number of nitrogens with zero attached hydrogens (tertiary/aromatic N) is 7. The van der Waals surface area contributed by atoms with Crippen LogP contribution in [0.1, 0.15) is 121 Å². The minimum atomic E-state index is -4.90. The molecule has 7 heterocycles. The molecule has 0 radical (unpaired) electrons. The molecule has 3 aromatic heterocycles. The fourth-order valence-corrected chi connectivity index (χ4v) is 12.7. The lowest BCUT2D eigenvalue weighted by Crippen LogP contribution is -2.47. The third-order valence-electron chi connectivity index (χ3n) is 16.1. The van der Waals surface area contributed by atoms with E-state index in [1.54, 1.807) is 0 Å². The fourth-order valence-electron chi connectivity index (χ4n) is 11.8. The Labute approximate surface area is 483 Å². The molecular weight excluding hydrogens is 1090 g/mol. The van der Waals surface area contributed by atoms with Gasteiger partial charge in [-0.3, -0.25) is 29.7 Å². The lowest BCUT2D eigenvalue weighted by atomic mass is 9.90. The summed E-state index contributed by atoms with van der Waals surface area (Å²) in [5, 5.41) is 22.2. The summed E-state index contributed by atoms with van der Waals surface area (Å²) in [6.07, 6.45) is 3.30. The van der Waals surface area contributed by atoms with Crippen LogP contribution in [0.2, 0.25) is 0 Å². The number of halogens is 3. The van der Waals surface area contributed by atoms with E-state index in [4.69, 9.17) is 14.8 Å². The predicted molar refractivity (Wildman–Crippen MR) is 312 cm³/mol. The van der Waals surface area contributed by atoms with Crippen molar-refractivity contribution in [3.8, 4) is 16.9 Å². The van der Waals surface area contributed by atoms with Crippen molar-refractivity contribution in [2.24, 2.45) is 13.0 Å². The first-order chi connectivity index (χ1) is 39.7. The number of alkyl halides is 3. The average Bonchev–Trinajstić information content (AvgIpc) is 4.12. The van der Waals surface area contributed by atoms with Crippen molar-refractivity contribution in [1.82, 2.24) is 30.0 Å². The van der Waals surface area contributed by atoms with Crippen LogP contribution in [0, 0.1) is 12.8 Å². The third kappa shape index (κ3) is 13.5. The van der Waals surface area contributed by atoms with E-state index in [-0.39, 0.29) is 23.4 Å². The maximum atomic E-state index is 13.7. The lowest BCUT2D eigenvalue weighted by molar-refractivity contribution is -0.210. The number of amides is 3. The van der Waals surface area contributed by atoms with E-state index in [1.165, 1.54) is 50.6 Å². The molecule has 4 aromatic carbocycles. The highest BCUT2D eigenvalue weighted by molar-refractivity contribution is 7.22. The highest BCUT2D eigenvalue weighted by atomic mass is 32.1. The van der Waals surface area contributed by atoms with Crippen LogP contribution in [0.5, 0.6) is 5.75 Å². The molecule has 1 unspecified atom stereocenters. The Kier molecular flexibility index (Phi) is 17.2. The smallest absolute Gasteiger partial charge is 0.490 e. The molecule has 3 saturated heterocycles. The zero-order chi connectivity index (χ0) is 58.7. The zero-order valence-electron chi connectivity index (χ0n) is 47.2. The van der Waals surface area contributed by atoms with Crippen LogP contribution in [0.4, 0.5) is 29.8 Å². The Morgan fingerprint density at radius 2 is 1.59 bits per heavy atom. The van der Waals surface area contributed by atoms with E-state index in [1.807, 2.05) is 96.3 Å². The highest BCUT2D eigenvalue weighted by Crippen LogP contribution is 2.37. The summed E-state index contributed by atoms with van der Waals surface area (Å²) in [4.78, 5) is 77.6. The number of anilines is 3. The molecule has 4 aliphatic rings.